The molecule has 0 aliphatic carbocycles. The molecule has 0 radical (unpaired) electrons. The Balaban J connectivity index is 1.73. The number of piperazine rings is 1. The second kappa shape index (κ2) is 11.2. The van der Waals surface area contributed by atoms with Gasteiger partial charge in [0.25, 0.3) is 0 Å². The summed E-state index contributed by atoms with van der Waals surface area (Å²) in [6.45, 7) is 15.5. The lowest BCUT2D eigenvalue weighted by Crippen LogP contribution is -2.45. The average Bonchev–Trinajstić information content (AvgIpc) is 2.66. The molecule has 0 spiro atoms. The van der Waals surface area contributed by atoms with Crippen LogP contribution in [0.3, 0.4) is 0 Å². The van der Waals surface area contributed by atoms with Crippen molar-refractivity contribution in [2.45, 2.75) is 40.3 Å². The van der Waals surface area contributed by atoms with E-state index < -0.39 is 0 Å². The Labute approximate surface area is 159 Å². The number of nitrogens with zero attached hydrogens (tertiary/aromatic N) is 3. The summed E-state index contributed by atoms with van der Waals surface area (Å²) in [7, 11) is 1.83. The predicted octanol–water partition coefficient (Wildman–Crippen LogP) is 2.54. The molecule has 1 fully saturated rings. The zero-order valence-electron chi connectivity index (χ0n) is 17.1. The van der Waals surface area contributed by atoms with Crippen LogP contribution in [0, 0.1) is 5.92 Å². The number of hydrogen-bond acceptors (Lipinski definition) is 3. The van der Waals surface area contributed by atoms with Crippen LogP contribution in [0.25, 0.3) is 0 Å². The molecule has 0 bridgehead atoms. The zero-order valence-corrected chi connectivity index (χ0v) is 17.1. The number of likely N-dealkylation sites (N-methyl/N-ethyl adjacent to an activating group) is 1. The summed E-state index contributed by atoms with van der Waals surface area (Å²) in [5.74, 6) is 1.58. The fourth-order valence-corrected chi connectivity index (χ4v) is 3.17. The maximum atomic E-state index is 4.29. The summed E-state index contributed by atoms with van der Waals surface area (Å²) in [6, 6.07) is 8.98. The van der Waals surface area contributed by atoms with Gasteiger partial charge in [-0.15, -0.1) is 0 Å². The van der Waals surface area contributed by atoms with Crippen LogP contribution in [0.4, 0.5) is 0 Å². The Hall–Kier alpha value is -1.59. The first-order chi connectivity index (χ1) is 12.6. The molecule has 2 rings (SSSR count). The maximum Gasteiger partial charge on any atom is 0.191 e. The third-order valence-corrected chi connectivity index (χ3v) is 5.04. The smallest absolute Gasteiger partial charge is 0.191 e. The topological polar surface area (TPSA) is 42.9 Å². The molecule has 1 saturated heterocycles. The van der Waals surface area contributed by atoms with Crippen molar-refractivity contribution in [2.24, 2.45) is 10.9 Å². The average molecular weight is 360 g/mol. The van der Waals surface area contributed by atoms with Gasteiger partial charge < -0.3 is 15.5 Å². The third-order valence-electron chi connectivity index (χ3n) is 5.04. The van der Waals surface area contributed by atoms with Gasteiger partial charge in [-0.2, -0.15) is 0 Å². The third kappa shape index (κ3) is 7.34. The largest absolute Gasteiger partial charge is 0.356 e. The van der Waals surface area contributed by atoms with Gasteiger partial charge in [0.2, 0.25) is 0 Å². The minimum absolute atomic E-state index is 0.707. The van der Waals surface area contributed by atoms with Gasteiger partial charge in [0.15, 0.2) is 5.96 Å². The van der Waals surface area contributed by atoms with E-state index in [1.165, 1.54) is 43.9 Å². The summed E-state index contributed by atoms with van der Waals surface area (Å²) < 4.78 is 0. The van der Waals surface area contributed by atoms with Crippen LogP contribution in [0.5, 0.6) is 0 Å². The highest BCUT2D eigenvalue weighted by molar-refractivity contribution is 5.79. The molecule has 2 N–H and O–H groups in total. The van der Waals surface area contributed by atoms with E-state index in [4.69, 9.17) is 0 Å². The molecule has 5 heteroatoms. The van der Waals surface area contributed by atoms with Gasteiger partial charge in [0.05, 0.1) is 0 Å². The number of guanidine groups is 1. The van der Waals surface area contributed by atoms with E-state index >= 15 is 0 Å². The standard InChI is InChI=1S/C21H37N5/c1-5-25-12-14-26(15-13-25)17-20-8-6-19(7-9-20)16-24-21(22-4)23-11-10-18(2)3/h6-9,18H,5,10-17H2,1-4H3,(H2,22,23,24). The first kappa shape index (κ1) is 20.7. The van der Waals surface area contributed by atoms with E-state index in [-0.39, 0.29) is 0 Å². The molecule has 1 aromatic rings. The molecule has 0 aromatic heterocycles. The molecule has 0 unspecified atom stereocenters. The van der Waals surface area contributed by atoms with Gasteiger partial charge in [-0.25, -0.2) is 0 Å². The van der Waals surface area contributed by atoms with Crippen molar-refractivity contribution >= 4 is 5.96 Å². The van der Waals surface area contributed by atoms with Gasteiger partial charge in [-0.05, 0) is 30.0 Å². The van der Waals surface area contributed by atoms with Gasteiger partial charge in [-0.3, -0.25) is 9.89 Å². The number of hydrogen-bond donors (Lipinski definition) is 2. The van der Waals surface area contributed by atoms with E-state index in [2.05, 4.69) is 70.5 Å². The Bertz CT molecular complexity index is 530. The zero-order chi connectivity index (χ0) is 18.8. The molecule has 26 heavy (non-hydrogen) atoms. The maximum absolute atomic E-state index is 4.29. The van der Waals surface area contributed by atoms with Crippen LogP contribution in [-0.2, 0) is 13.1 Å². The number of benzene rings is 1. The lowest BCUT2D eigenvalue weighted by atomic mass is 10.1. The van der Waals surface area contributed by atoms with E-state index in [9.17, 15) is 0 Å². The highest BCUT2D eigenvalue weighted by Crippen LogP contribution is 2.10. The summed E-state index contributed by atoms with van der Waals surface area (Å²) >= 11 is 0. The van der Waals surface area contributed by atoms with E-state index in [1.807, 2.05) is 7.05 Å². The Morgan fingerprint density at radius 2 is 1.62 bits per heavy atom. The first-order valence-electron chi connectivity index (χ1n) is 10.1. The molecule has 5 nitrogen and oxygen atoms in total. The molecular weight excluding hydrogens is 322 g/mol. The predicted molar refractivity (Wildman–Crippen MR) is 111 cm³/mol. The Kier molecular flexibility index (Phi) is 8.92. The quantitative estimate of drug-likeness (QED) is 0.553. The Morgan fingerprint density at radius 3 is 2.19 bits per heavy atom. The van der Waals surface area contributed by atoms with Crippen LogP contribution in [0.15, 0.2) is 29.3 Å². The first-order valence-corrected chi connectivity index (χ1v) is 10.1. The minimum atomic E-state index is 0.707. The number of nitrogens with one attached hydrogen (secondary N) is 2. The van der Waals surface area contributed by atoms with E-state index in [0.29, 0.717) is 5.92 Å². The lowest BCUT2D eigenvalue weighted by Gasteiger charge is -2.34. The molecule has 0 amide bonds. The summed E-state index contributed by atoms with van der Waals surface area (Å²) in [5.41, 5.74) is 2.69. The minimum Gasteiger partial charge on any atom is -0.356 e. The molecule has 1 aromatic carbocycles. The highest BCUT2D eigenvalue weighted by atomic mass is 15.3. The Morgan fingerprint density at radius 1 is 1.00 bits per heavy atom. The highest BCUT2D eigenvalue weighted by Gasteiger charge is 2.15. The normalized spacial score (nSPS) is 16.9. The molecule has 1 aliphatic heterocycles. The second-order valence-corrected chi connectivity index (χ2v) is 7.56. The van der Waals surface area contributed by atoms with Crippen molar-refractivity contribution in [3.05, 3.63) is 35.4 Å². The van der Waals surface area contributed by atoms with Crippen LogP contribution < -0.4 is 10.6 Å². The molecular formula is C21H37N5. The van der Waals surface area contributed by atoms with Crippen LogP contribution in [0.2, 0.25) is 0 Å². The summed E-state index contributed by atoms with van der Waals surface area (Å²) in [5, 5.41) is 6.77. The molecule has 1 aliphatic rings. The van der Waals surface area contributed by atoms with Crippen LogP contribution >= 0.6 is 0 Å². The van der Waals surface area contributed by atoms with Crippen molar-refractivity contribution in [3.63, 3.8) is 0 Å². The van der Waals surface area contributed by atoms with Gasteiger partial charge >= 0.3 is 0 Å². The van der Waals surface area contributed by atoms with Crippen molar-refractivity contribution in [1.82, 2.24) is 20.4 Å². The van der Waals surface area contributed by atoms with Gasteiger partial charge in [0, 0.05) is 52.9 Å². The number of rotatable bonds is 8. The van der Waals surface area contributed by atoms with Crippen LogP contribution in [0.1, 0.15) is 38.3 Å². The van der Waals surface area contributed by atoms with E-state index in [1.54, 1.807) is 0 Å². The molecule has 0 saturated carbocycles. The van der Waals surface area contributed by atoms with Crippen molar-refractivity contribution in [2.75, 3.05) is 46.3 Å². The molecule has 146 valence electrons. The van der Waals surface area contributed by atoms with Crippen molar-refractivity contribution in [1.29, 1.82) is 0 Å². The van der Waals surface area contributed by atoms with Crippen molar-refractivity contribution in [3.8, 4) is 0 Å². The summed E-state index contributed by atoms with van der Waals surface area (Å²) in [4.78, 5) is 9.37. The molecule has 0 atom stereocenters. The van der Waals surface area contributed by atoms with Crippen molar-refractivity contribution < 1.29 is 0 Å². The van der Waals surface area contributed by atoms with Crippen LogP contribution in [-0.4, -0.2) is 62.1 Å². The van der Waals surface area contributed by atoms with Gasteiger partial charge in [-0.1, -0.05) is 45.0 Å². The second-order valence-electron chi connectivity index (χ2n) is 7.56. The number of aliphatic imine (C=N–C) groups is 1. The molecule has 1 heterocycles. The van der Waals surface area contributed by atoms with E-state index in [0.717, 1.165) is 32.0 Å². The monoisotopic (exact) mass is 359 g/mol. The lowest BCUT2D eigenvalue weighted by molar-refractivity contribution is 0.132. The van der Waals surface area contributed by atoms with Gasteiger partial charge in [0.1, 0.15) is 0 Å². The SMILES string of the molecule is CCN1CCN(Cc2ccc(CNC(=NC)NCCC(C)C)cc2)CC1. The fourth-order valence-electron chi connectivity index (χ4n) is 3.17. The fraction of sp³-hybridized carbons (Fsp3) is 0.667. The summed E-state index contributed by atoms with van der Waals surface area (Å²) in [6.07, 6.45) is 1.15.